The van der Waals surface area contributed by atoms with Crippen LogP contribution < -0.4 is 10.2 Å². The molecule has 1 fully saturated rings. The predicted molar refractivity (Wildman–Crippen MR) is 73.7 cm³/mol. The van der Waals surface area contributed by atoms with Crippen LogP contribution in [-0.4, -0.2) is 31.1 Å². The lowest BCUT2D eigenvalue weighted by Gasteiger charge is -2.17. The number of rotatable bonds is 3. The molecular formula is C13H12BrF3N2O2. The van der Waals surface area contributed by atoms with E-state index in [1.165, 1.54) is 4.90 Å². The molecular weight excluding hydrogens is 353 g/mol. The van der Waals surface area contributed by atoms with Crippen molar-refractivity contribution in [1.82, 2.24) is 5.32 Å². The minimum atomic E-state index is -4.46. The van der Waals surface area contributed by atoms with Crippen molar-refractivity contribution in [2.45, 2.75) is 12.6 Å². The molecule has 1 aliphatic rings. The fraction of sp³-hybridized carbons (Fsp3) is 0.385. The van der Waals surface area contributed by atoms with E-state index in [9.17, 15) is 22.8 Å². The molecule has 1 aliphatic heterocycles. The van der Waals surface area contributed by atoms with Crippen molar-refractivity contribution in [2.75, 3.05) is 18.0 Å². The summed E-state index contributed by atoms with van der Waals surface area (Å²) in [6, 6.07) is 6.95. The maximum absolute atomic E-state index is 12.1. The summed E-state index contributed by atoms with van der Waals surface area (Å²) in [5, 5.41) is 1.82. The van der Waals surface area contributed by atoms with Crippen LogP contribution in [0.4, 0.5) is 18.9 Å². The minimum absolute atomic E-state index is 0.0823. The Hall–Kier alpha value is -1.57. The number of nitrogens with one attached hydrogen (secondary N) is 1. The summed E-state index contributed by atoms with van der Waals surface area (Å²) in [4.78, 5) is 25.0. The number of carbonyl (C=O) groups is 2. The van der Waals surface area contributed by atoms with E-state index in [0.717, 1.165) is 4.47 Å². The van der Waals surface area contributed by atoms with Crippen molar-refractivity contribution < 1.29 is 22.8 Å². The molecule has 21 heavy (non-hydrogen) atoms. The Morgan fingerprint density at radius 1 is 1.43 bits per heavy atom. The lowest BCUT2D eigenvalue weighted by Crippen LogP contribution is -2.38. The Morgan fingerprint density at radius 2 is 2.14 bits per heavy atom. The van der Waals surface area contributed by atoms with Gasteiger partial charge in [0.15, 0.2) is 0 Å². The van der Waals surface area contributed by atoms with Gasteiger partial charge in [-0.25, -0.2) is 0 Å². The topological polar surface area (TPSA) is 49.4 Å². The molecule has 0 unspecified atom stereocenters. The maximum Gasteiger partial charge on any atom is 0.405 e. The molecule has 8 heteroatoms. The van der Waals surface area contributed by atoms with Gasteiger partial charge in [0.05, 0.1) is 5.92 Å². The average molecular weight is 365 g/mol. The summed E-state index contributed by atoms with van der Waals surface area (Å²) >= 11 is 3.28. The Morgan fingerprint density at radius 3 is 2.76 bits per heavy atom. The van der Waals surface area contributed by atoms with Crippen molar-refractivity contribution >= 4 is 33.4 Å². The molecule has 0 aromatic heterocycles. The third-order valence-corrected chi connectivity index (χ3v) is 3.57. The number of nitrogens with zero attached hydrogens (tertiary/aromatic N) is 1. The SMILES string of the molecule is O=C(NCC(F)(F)F)[C@H]1CC(=O)N(c2cccc(Br)c2)C1. The molecule has 0 spiro atoms. The molecule has 1 saturated heterocycles. The second-order valence-electron chi connectivity index (χ2n) is 4.72. The standard InChI is InChI=1S/C13H12BrF3N2O2/c14-9-2-1-3-10(5-9)19-6-8(4-11(19)20)12(21)18-7-13(15,16)17/h1-3,5,8H,4,6-7H2,(H,18,21)/t8-/m0/s1. The molecule has 1 atom stereocenters. The zero-order valence-electron chi connectivity index (χ0n) is 10.8. The van der Waals surface area contributed by atoms with E-state index in [1.807, 2.05) is 5.32 Å². The van der Waals surface area contributed by atoms with Crippen LogP contribution in [0.1, 0.15) is 6.42 Å². The van der Waals surface area contributed by atoms with E-state index >= 15 is 0 Å². The summed E-state index contributed by atoms with van der Waals surface area (Å²) in [5.74, 6) is -1.79. The molecule has 1 N–H and O–H groups in total. The fourth-order valence-corrected chi connectivity index (χ4v) is 2.50. The number of hydrogen-bond donors (Lipinski definition) is 1. The average Bonchev–Trinajstić information content (AvgIpc) is 2.77. The van der Waals surface area contributed by atoms with Gasteiger partial charge in [-0.3, -0.25) is 9.59 Å². The number of anilines is 1. The van der Waals surface area contributed by atoms with Crippen LogP contribution in [0.5, 0.6) is 0 Å². The highest BCUT2D eigenvalue weighted by atomic mass is 79.9. The highest BCUT2D eigenvalue weighted by Gasteiger charge is 2.36. The fourth-order valence-electron chi connectivity index (χ4n) is 2.11. The van der Waals surface area contributed by atoms with Gasteiger partial charge in [0.2, 0.25) is 11.8 Å². The summed E-state index contributed by atoms with van der Waals surface area (Å²) in [6.45, 7) is -1.30. The number of halogens is 4. The molecule has 0 bridgehead atoms. The Balaban J connectivity index is 2.01. The van der Waals surface area contributed by atoms with Gasteiger partial charge in [-0.15, -0.1) is 0 Å². The number of benzene rings is 1. The van der Waals surface area contributed by atoms with E-state index in [1.54, 1.807) is 24.3 Å². The second-order valence-corrected chi connectivity index (χ2v) is 5.63. The molecule has 114 valence electrons. The highest BCUT2D eigenvalue weighted by Crippen LogP contribution is 2.27. The lowest BCUT2D eigenvalue weighted by atomic mass is 10.1. The summed E-state index contributed by atoms with van der Waals surface area (Å²) in [5.41, 5.74) is 0.612. The van der Waals surface area contributed by atoms with E-state index in [2.05, 4.69) is 15.9 Å². The monoisotopic (exact) mass is 364 g/mol. The first kappa shape index (κ1) is 15.8. The zero-order valence-corrected chi connectivity index (χ0v) is 12.4. The molecule has 1 aromatic rings. The van der Waals surface area contributed by atoms with Crippen LogP contribution >= 0.6 is 15.9 Å². The summed E-state index contributed by atoms with van der Waals surface area (Å²) in [7, 11) is 0. The molecule has 1 heterocycles. The predicted octanol–water partition coefficient (Wildman–Crippen LogP) is 2.48. The Labute approximate surface area is 127 Å². The van der Waals surface area contributed by atoms with Crippen LogP contribution in [-0.2, 0) is 9.59 Å². The summed E-state index contributed by atoms with van der Waals surface area (Å²) < 4.78 is 37.0. The van der Waals surface area contributed by atoms with Gasteiger partial charge in [-0.1, -0.05) is 22.0 Å². The largest absolute Gasteiger partial charge is 0.405 e. The van der Waals surface area contributed by atoms with Gasteiger partial charge in [0, 0.05) is 23.1 Å². The van der Waals surface area contributed by atoms with Crippen LogP contribution in [0.25, 0.3) is 0 Å². The van der Waals surface area contributed by atoms with Crippen LogP contribution in [0, 0.1) is 5.92 Å². The van der Waals surface area contributed by atoms with E-state index in [-0.39, 0.29) is 18.9 Å². The molecule has 2 amide bonds. The van der Waals surface area contributed by atoms with Gasteiger partial charge in [-0.05, 0) is 18.2 Å². The van der Waals surface area contributed by atoms with Crippen LogP contribution in [0.3, 0.4) is 0 Å². The van der Waals surface area contributed by atoms with Crippen molar-refractivity contribution in [1.29, 1.82) is 0 Å². The van der Waals surface area contributed by atoms with Gasteiger partial charge in [0.25, 0.3) is 0 Å². The number of hydrogen-bond acceptors (Lipinski definition) is 2. The van der Waals surface area contributed by atoms with Gasteiger partial charge in [0.1, 0.15) is 6.54 Å². The first-order valence-electron chi connectivity index (χ1n) is 6.16. The van der Waals surface area contributed by atoms with E-state index in [4.69, 9.17) is 0 Å². The zero-order chi connectivity index (χ0) is 15.6. The van der Waals surface area contributed by atoms with Crippen molar-refractivity contribution in [3.8, 4) is 0 Å². The van der Waals surface area contributed by atoms with Gasteiger partial charge < -0.3 is 10.2 Å². The highest BCUT2D eigenvalue weighted by molar-refractivity contribution is 9.10. The minimum Gasteiger partial charge on any atom is -0.347 e. The first-order chi connectivity index (χ1) is 9.76. The molecule has 4 nitrogen and oxygen atoms in total. The normalized spacial score (nSPS) is 19.0. The van der Waals surface area contributed by atoms with E-state index < -0.39 is 24.5 Å². The van der Waals surface area contributed by atoms with Crippen molar-refractivity contribution in [3.63, 3.8) is 0 Å². The lowest BCUT2D eigenvalue weighted by molar-refractivity contribution is -0.140. The molecule has 0 aliphatic carbocycles. The van der Waals surface area contributed by atoms with Gasteiger partial charge in [-0.2, -0.15) is 13.2 Å². The molecule has 1 aromatic carbocycles. The first-order valence-corrected chi connectivity index (χ1v) is 6.96. The number of alkyl halides is 3. The van der Waals surface area contributed by atoms with Gasteiger partial charge >= 0.3 is 6.18 Å². The van der Waals surface area contributed by atoms with Crippen LogP contribution in [0.2, 0.25) is 0 Å². The second kappa shape index (κ2) is 6.05. The third kappa shape index (κ3) is 4.20. The molecule has 0 radical (unpaired) electrons. The number of carbonyl (C=O) groups excluding carboxylic acids is 2. The molecule has 2 rings (SSSR count). The molecule has 0 saturated carbocycles. The maximum atomic E-state index is 12.1. The van der Waals surface area contributed by atoms with Crippen LogP contribution in [0.15, 0.2) is 28.7 Å². The van der Waals surface area contributed by atoms with Crippen molar-refractivity contribution in [2.24, 2.45) is 5.92 Å². The summed E-state index contributed by atoms with van der Waals surface area (Å²) in [6.07, 6.45) is -4.54. The third-order valence-electron chi connectivity index (χ3n) is 3.08. The quantitative estimate of drug-likeness (QED) is 0.895. The Kier molecular flexibility index (Phi) is 4.55. The van der Waals surface area contributed by atoms with E-state index in [0.29, 0.717) is 5.69 Å². The number of amides is 2. The smallest absolute Gasteiger partial charge is 0.347 e. The Bertz CT molecular complexity index is 563. The van der Waals surface area contributed by atoms with Crippen molar-refractivity contribution in [3.05, 3.63) is 28.7 Å².